The van der Waals surface area contributed by atoms with Gasteiger partial charge in [-0.2, -0.15) is 0 Å². The molecule has 0 radical (unpaired) electrons. The Morgan fingerprint density at radius 2 is 2.60 bits per heavy atom. The minimum Gasteiger partial charge on any atom is -0.440 e. The third-order valence-electron chi connectivity index (χ3n) is 2.57. The number of nitrogens with zero attached hydrogens (tertiary/aromatic N) is 1. The summed E-state index contributed by atoms with van der Waals surface area (Å²) >= 11 is 1.58. The van der Waals surface area contributed by atoms with E-state index in [2.05, 4.69) is 4.98 Å². The summed E-state index contributed by atoms with van der Waals surface area (Å²) < 4.78 is 10.5. The van der Waals surface area contributed by atoms with Crippen LogP contribution in [0.5, 0.6) is 0 Å². The van der Waals surface area contributed by atoms with Gasteiger partial charge in [0.15, 0.2) is 0 Å². The maximum atomic E-state index is 6.06. The summed E-state index contributed by atoms with van der Waals surface area (Å²) in [6.45, 7) is 3.56. The van der Waals surface area contributed by atoms with Gasteiger partial charge in [-0.05, 0) is 13.3 Å². The van der Waals surface area contributed by atoms with E-state index in [9.17, 15) is 0 Å². The van der Waals surface area contributed by atoms with Crippen LogP contribution in [0.25, 0.3) is 0 Å². The van der Waals surface area contributed by atoms with Crippen LogP contribution < -0.4 is 5.73 Å². The molecule has 5 heteroatoms. The number of thioether (sulfide) groups is 1. The van der Waals surface area contributed by atoms with E-state index in [4.69, 9.17) is 14.9 Å². The van der Waals surface area contributed by atoms with Gasteiger partial charge in [0.2, 0.25) is 0 Å². The molecule has 0 saturated carbocycles. The number of nitrogens with two attached hydrogens (primary N) is 1. The minimum atomic E-state index is 0.171. The molecular weight excluding hydrogens is 212 g/mol. The predicted molar refractivity (Wildman–Crippen MR) is 58.9 cm³/mol. The van der Waals surface area contributed by atoms with Gasteiger partial charge >= 0.3 is 0 Å². The van der Waals surface area contributed by atoms with Crippen LogP contribution in [0.3, 0.4) is 0 Å². The first-order valence-corrected chi connectivity index (χ1v) is 6.12. The van der Waals surface area contributed by atoms with Gasteiger partial charge in [-0.1, -0.05) is 11.8 Å². The number of aromatic nitrogens is 1. The van der Waals surface area contributed by atoms with E-state index < -0.39 is 0 Å². The second-order valence-electron chi connectivity index (χ2n) is 3.85. The van der Waals surface area contributed by atoms with Crippen molar-refractivity contribution in [3.63, 3.8) is 0 Å². The van der Waals surface area contributed by atoms with Crippen molar-refractivity contribution in [3.8, 4) is 0 Å². The van der Waals surface area contributed by atoms with Crippen LogP contribution in [0.1, 0.15) is 12.1 Å². The Morgan fingerprint density at radius 1 is 1.73 bits per heavy atom. The Bertz CT molecular complexity index is 310. The lowest BCUT2D eigenvalue weighted by Crippen LogP contribution is -2.32. The molecule has 0 amide bonds. The van der Waals surface area contributed by atoms with E-state index in [0.29, 0.717) is 11.1 Å². The maximum Gasteiger partial charge on any atom is 0.255 e. The molecular formula is C10H16N2O2S. The van der Waals surface area contributed by atoms with Gasteiger partial charge in [-0.15, -0.1) is 0 Å². The highest BCUT2D eigenvalue weighted by Crippen LogP contribution is 2.22. The fraction of sp³-hybridized carbons (Fsp3) is 0.700. The molecule has 4 nitrogen and oxygen atoms in total. The molecule has 2 unspecified atom stereocenters. The van der Waals surface area contributed by atoms with Crippen LogP contribution in [0.15, 0.2) is 15.9 Å². The van der Waals surface area contributed by atoms with E-state index in [-0.39, 0.29) is 6.04 Å². The van der Waals surface area contributed by atoms with Gasteiger partial charge in [-0.3, -0.25) is 0 Å². The number of ether oxygens (including phenoxy) is 1. The van der Waals surface area contributed by atoms with Gasteiger partial charge in [0.1, 0.15) is 6.26 Å². The average molecular weight is 228 g/mol. The van der Waals surface area contributed by atoms with Crippen LogP contribution in [0, 0.1) is 12.8 Å². The largest absolute Gasteiger partial charge is 0.440 e. The number of rotatable bonds is 4. The fourth-order valence-corrected chi connectivity index (χ4v) is 2.52. The van der Waals surface area contributed by atoms with Crippen LogP contribution in [0.4, 0.5) is 0 Å². The van der Waals surface area contributed by atoms with E-state index >= 15 is 0 Å². The predicted octanol–water partition coefficient (Wildman–Crippen LogP) is 1.44. The third-order valence-corrected chi connectivity index (χ3v) is 3.55. The highest BCUT2D eigenvalue weighted by Gasteiger charge is 2.23. The number of aryl methyl sites for hydroxylation is 1. The molecule has 2 rings (SSSR count). The van der Waals surface area contributed by atoms with Crippen molar-refractivity contribution in [2.75, 3.05) is 19.0 Å². The number of hydrogen-bond donors (Lipinski definition) is 1. The molecule has 1 aromatic heterocycles. The van der Waals surface area contributed by atoms with Crippen LogP contribution in [-0.4, -0.2) is 30.0 Å². The van der Waals surface area contributed by atoms with Crippen LogP contribution in [-0.2, 0) is 4.74 Å². The highest BCUT2D eigenvalue weighted by molar-refractivity contribution is 7.99. The summed E-state index contributed by atoms with van der Waals surface area (Å²) in [6, 6.07) is 0.171. The molecule has 2 heterocycles. The molecule has 1 aliphatic heterocycles. The first-order valence-electron chi connectivity index (χ1n) is 5.14. The van der Waals surface area contributed by atoms with E-state index in [1.54, 1.807) is 18.0 Å². The summed E-state index contributed by atoms with van der Waals surface area (Å²) in [7, 11) is 0. The first kappa shape index (κ1) is 11.0. The lowest BCUT2D eigenvalue weighted by molar-refractivity contribution is 0.182. The summed E-state index contributed by atoms with van der Waals surface area (Å²) in [4.78, 5) is 4.22. The zero-order valence-electron chi connectivity index (χ0n) is 8.81. The van der Waals surface area contributed by atoms with Crippen molar-refractivity contribution in [2.24, 2.45) is 11.7 Å². The van der Waals surface area contributed by atoms with E-state index in [1.165, 1.54) is 0 Å². The second kappa shape index (κ2) is 5.01. The molecule has 1 aromatic rings. The smallest absolute Gasteiger partial charge is 0.255 e. The van der Waals surface area contributed by atoms with Crippen molar-refractivity contribution in [2.45, 2.75) is 24.6 Å². The number of hydrogen-bond acceptors (Lipinski definition) is 5. The second-order valence-corrected chi connectivity index (χ2v) is 4.82. The minimum absolute atomic E-state index is 0.171. The molecule has 2 atom stereocenters. The molecule has 1 saturated heterocycles. The van der Waals surface area contributed by atoms with Gasteiger partial charge < -0.3 is 14.9 Å². The zero-order valence-corrected chi connectivity index (χ0v) is 9.63. The van der Waals surface area contributed by atoms with Crippen molar-refractivity contribution in [3.05, 3.63) is 12.0 Å². The van der Waals surface area contributed by atoms with Crippen LogP contribution in [0.2, 0.25) is 0 Å². The fourth-order valence-electron chi connectivity index (χ4n) is 1.59. The summed E-state index contributed by atoms with van der Waals surface area (Å²) in [5, 5.41) is 0.710. The van der Waals surface area contributed by atoms with Gasteiger partial charge in [-0.25, -0.2) is 4.98 Å². The summed E-state index contributed by atoms with van der Waals surface area (Å²) in [6.07, 6.45) is 2.73. The Labute approximate surface area is 93.6 Å². The van der Waals surface area contributed by atoms with Gasteiger partial charge in [0.25, 0.3) is 5.22 Å². The SMILES string of the molecule is Cc1coc(SCC(N)C2CCOC2)n1. The molecule has 2 N–H and O–H groups in total. The van der Waals surface area contributed by atoms with E-state index in [1.807, 2.05) is 6.92 Å². The van der Waals surface area contributed by atoms with E-state index in [0.717, 1.165) is 31.1 Å². The molecule has 1 aliphatic rings. The quantitative estimate of drug-likeness (QED) is 0.790. The van der Waals surface area contributed by atoms with Crippen molar-refractivity contribution >= 4 is 11.8 Å². The molecule has 0 aromatic carbocycles. The topological polar surface area (TPSA) is 61.3 Å². The molecule has 15 heavy (non-hydrogen) atoms. The molecule has 0 spiro atoms. The number of oxazole rings is 1. The molecule has 0 aliphatic carbocycles. The van der Waals surface area contributed by atoms with Crippen molar-refractivity contribution < 1.29 is 9.15 Å². The highest BCUT2D eigenvalue weighted by atomic mass is 32.2. The lowest BCUT2D eigenvalue weighted by atomic mass is 10.0. The Hall–Kier alpha value is -0.520. The monoisotopic (exact) mass is 228 g/mol. The summed E-state index contributed by atoms with van der Waals surface area (Å²) in [5.74, 6) is 1.34. The molecule has 0 bridgehead atoms. The molecule has 1 fully saturated rings. The zero-order chi connectivity index (χ0) is 10.7. The third kappa shape index (κ3) is 2.96. The average Bonchev–Trinajstić information content (AvgIpc) is 2.84. The Morgan fingerprint density at radius 3 is 3.20 bits per heavy atom. The summed E-state index contributed by atoms with van der Waals surface area (Å²) in [5.41, 5.74) is 6.98. The lowest BCUT2D eigenvalue weighted by Gasteiger charge is -2.15. The normalized spacial score (nSPS) is 23.2. The van der Waals surface area contributed by atoms with Gasteiger partial charge in [0, 0.05) is 24.3 Å². The van der Waals surface area contributed by atoms with Crippen LogP contribution >= 0.6 is 11.8 Å². The first-order chi connectivity index (χ1) is 7.25. The Kier molecular flexibility index (Phi) is 3.66. The molecule has 84 valence electrons. The van der Waals surface area contributed by atoms with Gasteiger partial charge in [0.05, 0.1) is 12.3 Å². The van der Waals surface area contributed by atoms with Crippen molar-refractivity contribution in [1.29, 1.82) is 0 Å². The standard InChI is InChI=1S/C10H16N2O2S/c1-7-4-14-10(12-7)15-6-9(11)8-2-3-13-5-8/h4,8-9H,2-3,5-6,11H2,1H3. The Balaban J connectivity index is 1.77. The van der Waals surface area contributed by atoms with Crippen molar-refractivity contribution in [1.82, 2.24) is 4.98 Å². The maximum absolute atomic E-state index is 6.06.